The molecule has 0 spiro atoms. The normalized spacial score (nSPS) is 16.2. The van der Waals surface area contributed by atoms with Gasteiger partial charge in [0.1, 0.15) is 5.82 Å². The van der Waals surface area contributed by atoms with Crippen LogP contribution in [-0.4, -0.2) is 21.8 Å². The fourth-order valence-electron chi connectivity index (χ4n) is 3.39. The van der Waals surface area contributed by atoms with E-state index in [4.69, 9.17) is 0 Å². The lowest BCUT2D eigenvalue weighted by Crippen LogP contribution is -2.30. The number of hydrogen-bond acceptors (Lipinski definition) is 3. The number of aromatic amines is 1. The molecule has 6 heteroatoms. The number of aryl methyl sites for hydroxylation is 1. The summed E-state index contributed by atoms with van der Waals surface area (Å²) < 4.78 is 0. The summed E-state index contributed by atoms with van der Waals surface area (Å²) >= 11 is 0. The summed E-state index contributed by atoms with van der Waals surface area (Å²) in [6, 6.07) is 13.4. The molecule has 0 fully saturated rings. The molecule has 4 rings (SSSR count). The predicted molar refractivity (Wildman–Crippen MR) is 101 cm³/mol. The number of carbonyl (C=O) groups excluding carboxylic acids is 2. The van der Waals surface area contributed by atoms with Crippen molar-refractivity contribution in [1.82, 2.24) is 9.97 Å². The number of nitrogens with one attached hydrogen (secondary N) is 3. The van der Waals surface area contributed by atoms with Crippen molar-refractivity contribution in [3.63, 3.8) is 0 Å². The van der Waals surface area contributed by atoms with E-state index in [2.05, 4.69) is 20.6 Å². The third kappa shape index (κ3) is 3.31. The van der Waals surface area contributed by atoms with E-state index < -0.39 is 0 Å². The summed E-state index contributed by atoms with van der Waals surface area (Å²) in [4.78, 5) is 32.0. The molecule has 0 saturated carbocycles. The Bertz CT molecular complexity index is 992. The number of imidazole rings is 1. The highest BCUT2D eigenvalue weighted by Gasteiger charge is 2.26. The quantitative estimate of drug-likeness (QED) is 0.675. The van der Waals surface area contributed by atoms with Crippen LogP contribution in [0.4, 0.5) is 11.4 Å². The van der Waals surface area contributed by atoms with Gasteiger partial charge in [0.25, 0.3) is 0 Å². The van der Waals surface area contributed by atoms with Crippen LogP contribution in [0.2, 0.25) is 0 Å². The largest absolute Gasteiger partial charge is 0.342 e. The lowest BCUT2D eigenvalue weighted by Gasteiger charge is -2.24. The van der Waals surface area contributed by atoms with Crippen LogP contribution in [0, 0.1) is 12.8 Å². The average Bonchev–Trinajstić information content (AvgIpc) is 2.99. The SMILES string of the molecule is Cc1nc2ccc(NC(=O)CCC3Cc4ccccc4NC3=O)cc2[nH]1. The van der Waals surface area contributed by atoms with Crippen LogP contribution >= 0.6 is 0 Å². The van der Waals surface area contributed by atoms with Crippen LogP contribution in [0.3, 0.4) is 0 Å². The summed E-state index contributed by atoms with van der Waals surface area (Å²) in [5, 5.41) is 5.82. The van der Waals surface area contributed by atoms with Crippen LogP contribution in [-0.2, 0) is 16.0 Å². The van der Waals surface area contributed by atoms with E-state index in [0.717, 1.165) is 33.8 Å². The maximum Gasteiger partial charge on any atom is 0.227 e. The predicted octanol–water partition coefficient (Wildman–Crippen LogP) is 3.40. The lowest BCUT2D eigenvalue weighted by molar-refractivity contribution is -0.121. The smallest absolute Gasteiger partial charge is 0.227 e. The van der Waals surface area contributed by atoms with Crippen LogP contribution < -0.4 is 10.6 Å². The molecule has 1 atom stereocenters. The molecule has 26 heavy (non-hydrogen) atoms. The van der Waals surface area contributed by atoms with Crippen molar-refractivity contribution < 1.29 is 9.59 Å². The van der Waals surface area contributed by atoms with E-state index in [0.29, 0.717) is 19.3 Å². The van der Waals surface area contributed by atoms with Crippen molar-refractivity contribution in [3.05, 3.63) is 53.9 Å². The van der Waals surface area contributed by atoms with Gasteiger partial charge in [0, 0.05) is 23.7 Å². The van der Waals surface area contributed by atoms with Crippen molar-refractivity contribution in [3.8, 4) is 0 Å². The molecule has 1 aromatic heterocycles. The standard InChI is InChI=1S/C20H20N4O2/c1-12-21-17-8-7-15(11-18(17)22-12)23-19(25)9-6-14-10-13-4-2-3-5-16(13)24-20(14)26/h2-5,7-8,11,14H,6,9-10H2,1H3,(H,21,22)(H,23,25)(H,24,26). The minimum Gasteiger partial charge on any atom is -0.342 e. The Morgan fingerprint density at radius 2 is 2.12 bits per heavy atom. The Kier molecular flexibility index (Phi) is 4.16. The topological polar surface area (TPSA) is 86.9 Å². The third-order valence-electron chi connectivity index (χ3n) is 4.72. The number of aromatic nitrogens is 2. The van der Waals surface area contributed by atoms with Gasteiger partial charge in [0.2, 0.25) is 11.8 Å². The molecule has 1 aliphatic rings. The first-order valence-electron chi connectivity index (χ1n) is 8.73. The van der Waals surface area contributed by atoms with Crippen LogP contribution in [0.25, 0.3) is 11.0 Å². The Morgan fingerprint density at radius 1 is 1.27 bits per heavy atom. The minimum atomic E-state index is -0.173. The summed E-state index contributed by atoms with van der Waals surface area (Å²) in [5.41, 5.74) is 4.49. The fourth-order valence-corrected chi connectivity index (χ4v) is 3.39. The summed E-state index contributed by atoms with van der Waals surface area (Å²) in [6.07, 6.45) is 1.51. The Labute approximate surface area is 151 Å². The number of anilines is 2. The van der Waals surface area contributed by atoms with Gasteiger partial charge in [-0.3, -0.25) is 9.59 Å². The molecule has 3 aromatic rings. The molecular formula is C20H20N4O2. The monoisotopic (exact) mass is 348 g/mol. The van der Waals surface area contributed by atoms with Gasteiger partial charge in [-0.1, -0.05) is 18.2 Å². The Balaban J connectivity index is 1.37. The van der Waals surface area contributed by atoms with Crippen molar-refractivity contribution >= 4 is 34.2 Å². The Hall–Kier alpha value is -3.15. The van der Waals surface area contributed by atoms with Crippen molar-refractivity contribution in [2.45, 2.75) is 26.2 Å². The first-order chi connectivity index (χ1) is 12.6. The number of amides is 2. The van der Waals surface area contributed by atoms with E-state index >= 15 is 0 Å². The number of fused-ring (bicyclic) bond motifs is 2. The van der Waals surface area contributed by atoms with Crippen LogP contribution in [0.1, 0.15) is 24.2 Å². The van der Waals surface area contributed by atoms with E-state index in [1.807, 2.05) is 49.4 Å². The van der Waals surface area contributed by atoms with E-state index in [1.54, 1.807) is 0 Å². The van der Waals surface area contributed by atoms with Gasteiger partial charge < -0.3 is 15.6 Å². The lowest BCUT2D eigenvalue weighted by atomic mass is 9.89. The average molecular weight is 348 g/mol. The number of carbonyl (C=O) groups is 2. The van der Waals surface area contributed by atoms with Gasteiger partial charge >= 0.3 is 0 Å². The summed E-state index contributed by atoms with van der Waals surface area (Å²) in [6.45, 7) is 1.89. The highest BCUT2D eigenvalue weighted by Crippen LogP contribution is 2.27. The van der Waals surface area contributed by atoms with Crippen molar-refractivity contribution in [2.24, 2.45) is 5.92 Å². The van der Waals surface area contributed by atoms with E-state index in [1.165, 1.54) is 0 Å². The molecule has 1 unspecified atom stereocenters. The Morgan fingerprint density at radius 3 is 3.00 bits per heavy atom. The second kappa shape index (κ2) is 6.63. The molecule has 0 bridgehead atoms. The van der Waals surface area contributed by atoms with Gasteiger partial charge in [-0.25, -0.2) is 4.98 Å². The van der Waals surface area contributed by atoms with Gasteiger partial charge in [-0.05, 0) is 49.6 Å². The number of benzene rings is 2. The summed E-state index contributed by atoms with van der Waals surface area (Å²) in [5.74, 6) is 0.568. The van der Waals surface area contributed by atoms with Gasteiger partial charge in [-0.15, -0.1) is 0 Å². The third-order valence-corrected chi connectivity index (χ3v) is 4.72. The van der Waals surface area contributed by atoms with Gasteiger partial charge in [0.05, 0.1) is 11.0 Å². The highest BCUT2D eigenvalue weighted by molar-refractivity contribution is 5.97. The zero-order valence-electron chi connectivity index (χ0n) is 14.5. The molecule has 0 saturated heterocycles. The molecule has 6 nitrogen and oxygen atoms in total. The molecular weight excluding hydrogens is 328 g/mol. The van der Waals surface area contributed by atoms with E-state index in [9.17, 15) is 9.59 Å². The number of H-pyrrole nitrogens is 1. The fraction of sp³-hybridized carbons (Fsp3) is 0.250. The first kappa shape index (κ1) is 16.3. The number of para-hydroxylation sites is 1. The van der Waals surface area contributed by atoms with Crippen molar-refractivity contribution in [1.29, 1.82) is 0 Å². The van der Waals surface area contributed by atoms with Crippen LogP contribution in [0.5, 0.6) is 0 Å². The number of hydrogen-bond donors (Lipinski definition) is 3. The maximum absolute atomic E-state index is 12.3. The van der Waals surface area contributed by atoms with Gasteiger partial charge in [0.15, 0.2) is 0 Å². The minimum absolute atomic E-state index is 0.00847. The van der Waals surface area contributed by atoms with E-state index in [-0.39, 0.29) is 17.7 Å². The number of nitrogens with zero attached hydrogens (tertiary/aromatic N) is 1. The van der Waals surface area contributed by atoms with Gasteiger partial charge in [-0.2, -0.15) is 0 Å². The molecule has 1 aliphatic heterocycles. The zero-order chi connectivity index (χ0) is 18.1. The molecule has 0 aliphatic carbocycles. The molecule has 2 aromatic carbocycles. The molecule has 132 valence electrons. The zero-order valence-corrected chi connectivity index (χ0v) is 14.5. The molecule has 2 amide bonds. The summed E-state index contributed by atoms with van der Waals surface area (Å²) in [7, 11) is 0. The first-order valence-corrected chi connectivity index (χ1v) is 8.73. The molecule has 2 heterocycles. The number of rotatable bonds is 4. The highest BCUT2D eigenvalue weighted by atomic mass is 16.2. The second-order valence-electron chi connectivity index (χ2n) is 6.69. The second-order valence-corrected chi connectivity index (χ2v) is 6.69. The molecule has 3 N–H and O–H groups in total. The maximum atomic E-state index is 12.3. The van der Waals surface area contributed by atoms with Crippen LogP contribution in [0.15, 0.2) is 42.5 Å². The molecule has 0 radical (unpaired) electrons. The van der Waals surface area contributed by atoms with Crippen molar-refractivity contribution in [2.75, 3.05) is 10.6 Å².